The number of rotatable bonds is 3. The lowest BCUT2D eigenvalue weighted by Gasteiger charge is -2.13. The maximum Gasteiger partial charge on any atom is 0.325 e. The van der Waals surface area contributed by atoms with E-state index < -0.39 is 12.0 Å². The highest BCUT2D eigenvalue weighted by atomic mass is 79.9. The van der Waals surface area contributed by atoms with Gasteiger partial charge in [-0.1, -0.05) is 0 Å². The lowest BCUT2D eigenvalue weighted by molar-refractivity contribution is -0.138. The van der Waals surface area contributed by atoms with E-state index >= 15 is 0 Å². The van der Waals surface area contributed by atoms with E-state index in [0.717, 1.165) is 0 Å². The van der Waals surface area contributed by atoms with Crippen molar-refractivity contribution >= 4 is 21.9 Å². The number of nitrogens with two attached hydrogens (primary N) is 1. The summed E-state index contributed by atoms with van der Waals surface area (Å²) in [5.41, 5.74) is 5.52. The van der Waals surface area contributed by atoms with E-state index in [2.05, 4.69) is 15.9 Å². The molecule has 0 saturated carbocycles. The van der Waals surface area contributed by atoms with Crippen LogP contribution in [0, 0.1) is 0 Å². The Kier molecular flexibility index (Phi) is 3.54. The van der Waals surface area contributed by atoms with Crippen LogP contribution in [0.15, 0.2) is 16.6 Å². The number of carbonyl (C=O) groups is 1. The molecule has 1 aromatic rings. The van der Waals surface area contributed by atoms with Crippen LogP contribution in [-0.4, -0.2) is 23.3 Å². The number of methoxy groups -OCH3 is 1. The van der Waals surface area contributed by atoms with E-state index in [-0.39, 0.29) is 11.3 Å². The zero-order valence-electron chi connectivity index (χ0n) is 7.90. The largest absolute Gasteiger partial charge is 0.508 e. The van der Waals surface area contributed by atoms with Crippen molar-refractivity contribution < 1.29 is 19.7 Å². The van der Waals surface area contributed by atoms with Crippen LogP contribution in [0.2, 0.25) is 0 Å². The third-order valence-corrected chi connectivity index (χ3v) is 2.74. The van der Waals surface area contributed by atoms with Crippen LogP contribution in [0.25, 0.3) is 0 Å². The first-order valence-electron chi connectivity index (χ1n) is 4.02. The average Bonchev–Trinajstić information content (AvgIpc) is 2.17. The van der Waals surface area contributed by atoms with Crippen molar-refractivity contribution in [2.45, 2.75) is 6.04 Å². The molecule has 0 spiro atoms. The molecular weight excluding hydrogens is 266 g/mol. The average molecular weight is 276 g/mol. The van der Waals surface area contributed by atoms with E-state index in [1.54, 1.807) is 0 Å². The van der Waals surface area contributed by atoms with Crippen molar-refractivity contribution in [3.8, 4) is 11.5 Å². The first-order chi connectivity index (χ1) is 6.99. The summed E-state index contributed by atoms with van der Waals surface area (Å²) in [5, 5.41) is 18.3. The van der Waals surface area contributed by atoms with Gasteiger partial charge >= 0.3 is 5.97 Å². The number of halogens is 1. The summed E-state index contributed by atoms with van der Waals surface area (Å²) < 4.78 is 5.31. The Morgan fingerprint density at radius 3 is 2.67 bits per heavy atom. The maximum atomic E-state index is 10.7. The quantitative estimate of drug-likeness (QED) is 0.772. The predicted molar refractivity (Wildman–Crippen MR) is 56.9 cm³/mol. The highest BCUT2D eigenvalue weighted by molar-refractivity contribution is 9.10. The molecule has 0 amide bonds. The van der Waals surface area contributed by atoms with Gasteiger partial charge in [-0.3, -0.25) is 4.79 Å². The van der Waals surface area contributed by atoms with Crippen molar-refractivity contribution in [3.05, 3.63) is 22.2 Å². The number of phenols is 1. The minimum Gasteiger partial charge on any atom is -0.508 e. The molecule has 1 atom stereocenters. The molecule has 0 aliphatic rings. The molecular formula is C9H10BrNO4. The molecule has 0 aliphatic carbocycles. The summed E-state index contributed by atoms with van der Waals surface area (Å²) in [6.45, 7) is 0. The van der Waals surface area contributed by atoms with Gasteiger partial charge in [0.1, 0.15) is 17.5 Å². The topological polar surface area (TPSA) is 92.8 Å². The van der Waals surface area contributed by atoms with Crippen LogP contribution in [0.1, 0.15) is 11.6 Å². The summed E-state index contributed by atoms with van der Waals surface area (Å²) in [6, 6.07) is 1.55. The number of carboxylic acid groups (broad SMARTS) is 1. The number of aromatic hydroxyl groups is 1. The van der Waals surface area contributed by atoms with Gasteiger partial charge in [0.15, 0.2) is 0 Å². The Morgan fingerprint density at radius 1 is 1.60 bits per heavy atom. The molecule has 82 valence electrons. The van der Waals surface area contributed by atoms with E-state index in [0.29, 0.717) is 10.2 Å². The Labute approximate surface area is 94.6 Å². The van der Waals surface area contributed by atoms with E-state index in [4.69, 9.17) is 15.6 Å². The van der Waals surface area contributed by atoms with Gasteiger partial charge in [-0.25, -0.2) is 0 Å². The van der Waals surface area contributed by atoms with Gasteiger partial charge in [0, 0.05) is 5.56 Å². The van der Waals surface area contributed by atoms with Crippen molar-refractivity contribution in [1.82, 2.24) is 0 Å². The lowest BCUT2D eigenvalue weighted by Crippen LogP contribution is -2.21. The predicted octanol–water partition coefficient (Wildman–Crippen LogP) is 1.25. The van der Waals surface area contributed by atoms with Crippen LogP contribution in [0.3, 0.4) is 0 Å². The summed E-state index contributed by atoms with van der Waals surface area (Å²) >= 11 is 3.13. The summed E-state index contributed by atoms with van der Waals surface area (Å²) in [5.74, 6) is -0.990. The van der Waals surface area contributed by atoms with Gasteiger partial charge < -0.3 is 20.7 Å². The summed E-state index contributed by atoms with van der Waals surface area (Å²) in [4.78, 5) is 10.7. The standard InChI is InChI=1S/C9H10BrNO4/c1-15-5-3-2-4(12)6(7(5)10)8(11)9(13)14/h2-3,8,12H,11H2,1H3,(H,13,14). The molecule has 1 aromatic carbocycles. The normalized spacial score (nSPS) is 12.2. The Hall–Kier alpha value is -1.27. The monoisotopic (exact) mass is 275 g/mol. The van der Waals surface area contributed by atoms with Crippen LogP contribution >= 0.6 is 15.9 Å². The molecule has 0 aromatic heterocycles. The Balaban J connectivity index is 3.32. The van der Waals surface area contributed by atoms with Crippen molar-refractivity contribution in [2.75, 3.05) is 7.11 Å². The van der Waals surface area contributed by atoms with Crippen LogP contribution in [0.5, 0.6) is 11.5 Å². The van der Waals surface area contributed by atoms with E-state index in [9.17, 15) is 9.90 Å². The summed E-state index contributed by atoms with van der Waals surface area (Å²) in [7, 11) is 1.44. The molecule has 6 heteroatoms. The van der Waals surface area contributed by atoms with Gasteiger partial charge in [0.25, 0.3) is 0 Å². The fraction of sp³-hybridized carbons (Fsp3) is 0.222. The lowest BCUT2D eigenvalue weighted by atomic mass is 10.1. The molecule has 4 N–H and O–H groups in total. The molecule has 0 radical (unpaired) electrons. The maximum absolute atomic E-state index is 10.7. The molecule has 0 bridgehead atoms. The molecule has 5 nitrogen and oxygen atoms in total. The first kappa shape index (κ1) is 11.8. The number of phenolic OH excluding ortho intramolecular Hbond substituents is 1. The number of ether oxygens (including phenoxy) is 1. The van der Waals surface area contributed by atoms with Crippen molar-refractivity contribution in [1.29, 1.82) is 0 Å². The fourth-order valence-electron chi connectivity index (χ4n) is 1.14. The second-order valence-corrected chi connectivity index (χ2v) is 3.62. The molecule has 1 unspecified atom stereocenters. The third kappa shape index (κ3) is 2.21. The van der Waals surface area contributed by atoms with Crippen LogP contribution in [0.4, 0.5) is 0 Å². The molecule has 0 fully saturated rings. The van der Waals surface area contributed by atoms with Gasteiger partial charge in [0.2, 0.25) is 0 Å². The minimum absolute atomic E-state index is 0.0989. The second-order valence-electron chi connectivity index (χ2n) is 2.83. The van der Waals surface area contributed by atoms with E-state index in [1.807, 2.05) is 0 Å². The Bertz CT molecular complexity index is 394. The van der Waals surface area contributed by atoms with E-state index in [1.165, 1.54) is 19.2 Å². The highest BCUT2D eigenvalue weighted by Gasteiger charge is 2.23. The molecule has 0 heterocycles. The SMILES string of the molecule is COc1ccc(O)c(C(N)C(=O)O)c1Br. The number of hydrogen-bond donors (Lipinski definition) is 3. The number of hydrogen-bond acceptors (Lipinski definition) is 4. The first-order valence-corrected chi connectivity index (χ1v) is 4.82. The van der Waals surface area contributed by atoms with Crippen molar-refractivity contribution in [3.63, 3.8) is 0 Å². The summed E-state index contributed by atoms with van der Waals surface area (Å²) in [6.07, 6.45) is 0. The number of benzene rings is 1. The van der Waals surface area contributed by atoms with Gasteiger partial charge in [0.05, 0.1) is 11.6 Å². The smallest absolute Gasteiger partial charge is 0.325 e. The van der Waals surface area contributed by atoms with Crippen molar-refractivity contribution in [2.24, 2.45) is 5.73 Å². The Morgan fingerprint density at radius 2 is 2.20 bits per heavy atom. The fourth-order valence-corrected chi connectivity index (χ4v) is 1.88. The number of aliphatic carboxylic acids is 1. The minimum atomic E-state index is -1.30. The van der Waals surface area contributed by atoms with Crippen LogP contribution < -0.4 is 10.5 Å². The molecule has 0 saturated heterocycles. The van der Waals surface area contributed by atoms with Gasteiger partial charge in [-0.05, 0) is 28.1 Å². The molecule has 15 heavy (non-hydrogen) atoms. The van der Waals surface area contributed by atoms with Gasteiger partial charge in [-0.15, -0.1) is 0 Å². The number of carboxylic acids is 1. The third-order valence-electron chi connectivity index (χ3n) is 1.92. The van der Waals surface area contributed by atoms with Crippen LogP contribution in [-0.2, 0) is 4.79 Å². The second kappa shape index (κ2) is 4.50. The zero-order valence-corrected chi connectivity index (χ0v) is 9.48. The molecule has 0 aliphatic heterocycles. The highest BCUT2D eigenvalue weighted by Crippen LogP contribution is 2.37. The zero-order chi connectivity index (χ0) is 11.6. The molecule has 1 rings (SSSR count). The van der Waals surface area contributed by atoms with Gasteiger partial charge in [-0.2, -0.15) is 0 Å².